The smallest absolute Gasteiger partial charge is 0.406 e. The van der Waals surface area contributed by atoms with Crippen LogP contribution in [0.1, 0.15) is 44.2 Å². The Morgan fingerprint density at radius 3 is 2.28 bits per heavy atom. The number of alkyl halides is 3. The molecule has 1 amide bonds. The molecule has 2 rings (SSSR count). The van der Waals surface area contributed by atoms with E-state index in [-0.39, 0.29) is 25.1 Å². The van der Waals surface area contributed by atoms with Gasteiger partial charge < -0.3 is 20.5 Å². The van der Waals surface area contributed by atoms with Gasteiger partial charge in [0.2, 0.25) is 15.9 Å². The quantitative estimate of drug-likeness (QED) is 0.267. The van der Waals surface area contributed by atoms with Crippen molar-refractivity contribution in [2.45, 2.75) is 64.6 Å². The van der Waals surface area contributed by atoms with Crippen LogP contribution in [0, 0.1) is 0 Å². The Kier molecular flexibility index (Phi) is 13.2. The highest BCUT2D eigenvalue weighted by atomic mass is 32.2. The largest absolute Gasteiger partial charge is 0.573 e. The number of carbonyl (C=O) groups is 1. The number of amides is 1. The fourth-order valence-corrected chi connectivity index (χ4v) is 5.65. The van der Waals surface area contributed by atoms with E-state index < -0.39 is 40.2 Å². The molecule has 0 aromatic heterocycles. The minimum Gasteiger partial charge on any atom is -0.406 e. The van der Waals surface area contributed by atoms with Gasteiger partial charge in [0.25, 0.3) is 0 Å². The molecule has 0 aliphatic rings. The number of halogens is 3. The molecule has 0 aliphatic heterocycles. The number of benzene rings is 2. The highest BCUT2D eigenvalue weighted by Gasteiger charge is 2.31. The van der Waals surface area contributed by atoms with Crippen molar-refractivity contribution < 1.29 is 36.2 Å². The first-order valence-corrected chi connectivity index (χ1v) is 14.6. The van der Waals surface area contributed by atoms with Crippen molar-refractivity contribution in [2.75, 3.05) is 25.4 Å². The third-order valence-corrected chi connectivity index (χ3v) is 7.72. The van der Waals surface area contributed by atoms with E-state index in [1.807, 2.05) is 44.2 Å². The minimum atomic E-state index is -4.86. The first kappa shape index (κ1) is 32.5. The summed E-state index contributed by atoms with van der Waals surface area (Å²) in [6.07, 6.45) is -5.00. The number of hydrogen-bond donors (Lipinski definition) is 3. The fraction of sp³-hybridized carbons (Fsp3) is 0.519. The number of aliphatic hydroxyl groups is 1. The Bertz CT molecular complexity index is 1110. The normalized spacial score (nSPS) is 13.7. The molecule has 3 N–H and O–H groups in total. The Balaban J connectivity index is 2.10. The van der Waals surface area contributed by atoms with Crippen molar-refractivity contribution in [2.24, 2.45) is 0 Å². The molecule has 2 atom stereocenters. The summed E-state index contributed by atoms with van der Waals surface area (Å²) in [5.74, 6) is -1.39. The van der Waals surface area contributed by atoms with E-state index in [1.54, 1.807) is 6.07 Å². The molecule has 0 unspecified atom stereocenters. The number of rotatable bonds is 17. The number of ether oxygens (including phenoxy) is 1. The Labute approximate surface area is 228 Å². The average Bonchev–Trinajstić information content (AvgIpc) is 2.87. The van der Waals surface area contributed by atoms with Gasteiger partial charge in [-0.05, 0) is 42.5 Å². The van der Waals surface area contributed by atoms with Crippen molar-refractivity contribution in [1.29, 1.82) is 0 Å². The summed E-state index contributed by atoms with van der Waals surface area (Å²) in [7, 11) is -3.65. The third kappa shape index (κ3) is 12.4. The number of carbonyl (C=O) groups excluding carboxylic acids is 1. The third-order valence-electron chi connectivity index (χ3n) is 5.85. The van der Waals surface area contributed by atoms with Crippen LogP contribution in [0.25, 0.3) is 0 Å². The average molecular weight is 574 g/mol. The van der Waals surface area contributed by atoms with Crippen molar-refractivity contribution in [1.82, 2.24) is 14.9 Å². The van der Waals surface area contributed by atoms with E-state index in [0.29, 0.717) is 38.0 Å². The van der Waals surface area contributed by atoms with Gasteiger partial charge in [-0.15, -0.1) is 13.2 Å². The maximum absolute atomic E-state index is 12.8. The van der Waals surface area contributed by atoms with Gasteiger partial charge in [-0.25, -0.2) is 12.7 Å². The molecule has 2 aromatic rings. The molecule has 0 fully saturated rings. The van der Waals surface area contributed by atoms with E-state index in [4.69, 9.17) is 0 Å². The number of sulfonamides is 1. The highest BCUT2D eigenvalue weighted by molar-refractivity contribution is 7.89. The number of hydrogen-bond acceptors (Lipinski definition) is 6. The first-order chi connectivity index (χ1) is 18.4. The molecule has 0 aliphatic carbocycles. The van der Waals surface area contributed by atoms with Crippen LogP contribution in [0.3, 0.4) is 0 Å². The molecule has 12 heteroatoms. The van der Waals surface area contributed by atoms with Crippen LogP contribution >= 0.6 is 0 Å². The lowest BCUT2D eigenvalue weighted by Gasteiger charge is -2.26. The minimum absolute atomic E-state index is 0.000471. The second kappa shape index (κ2) is 15.8. The Morgan fingerprint density at radius 1 is 1.03 bits per heavy atom. The van der Waals surface area contributed by atoms with E-state index in [9.17, 15) is 31.5 Å². The summed E-state index contributed by atoms with van der Waals surface area (Å²) in [5, 5.41) is 16.7. The molecule has 2 aromatic carbocycles. The predicted octanol–water partition coefficient (Wildman–Crippen LogP) is 3.61. The zero-order valence-electron chi connectivity index (χ0n) is 22.3. The molecule has 0 radical (unpaired) electrons. The molecule has 8 nitrogen and oxygen atoms in total. The van der Waals surface area contributed by atoms with Crippen molar-refractivity contribution in [3.8, 4) is 5.75 Å². The van der Waals surface area contributed by atoms with Crippen molar-refractivity contribution >= 4 is 15.9 Å². The Hall–Kier alpha value is -2.67. The SMILES string of the molecule is CCCN(CCC)S(=O)(=O)CCC(=O)N[C@@H](Cc1cccc(OC(F)(F)F)c1)[C@@H](O)CNCc1ccccc1. The van der Waals surface area contributed by atoms with Crippen LogP contribution < -0.4 is 15.4 Å². The highest BCUT2D eigenvalue weighted by Crippen LogP contribution is 2.24. The maximum atomic E-state index is 12.8. The van der Waals surface area contributed by atoms with E-state index in [2.05, 4.69) is 15.4 Å². The lowest BCUT2D eigenvalue weighted by atomic mass is 10.0. The van der Waals surface area contributed by atoms with Gasteiger partial charge in [-0.3, -0.25) is 4.79 Å². The van der Waals surface area contributed by atoms with Gasteiger partial charge in [0, 0.05) is 32.6 Å². The molecule has 39 heavy (non-hydrogen) atoms. The van der Waals surface area contributed by atoms with E-state index >= 15 is 0 Å². The summed E-state index contributed by atoms with van der Waals surface area (Å²) < 4.78 is 68.8. The molecule has 218 valence electrons. The molecule has 0 heterocycles. The summed E-state index contributed by atoms with van der Waals surface area (Å²) >= 11 is 0. The van der Waals surface area contributed by atoms with Crippen LogP contribution in [-0.2, 0) is 27.8 Å². The lowest BCUT2D eigenvalue weighted by molar-refractivity contribution is -0.274. The summed E-state index contributed by atoms with van der Waals surface area (Å²) in [5.41, 5.74) is 1.38. The molecule has 0 saturated carbocycles. The molecular formula is C27H38F3N3O5S. The van der Waals surface area contributed by atoms with E-state index in [1.165, 1.54) is 16.4 Å². The van der Waals surface area contributed by atoms with Crippen LogP contribution in [0.15, 0.2) is 54.6 Å². The molecular weight excluding hydrogens is 535 g/mol. The summed E-state index contributed by atoms with van der Waals surface area (Å²) in [6.45, 7) is 5.01. The van der Waals surface area contributed by atoms with Crippen molar-refractivity contribution in [3.05, 3.63) is 65.7 Å². The Morgan fingerprint density at radius 2 is 1.67 bits per heavy atom. The molecule has 0 spiro atoms. The number of nitrogens with one attached hydrogen (secondary N) is 2. The van der Waals surface area contributed by atoms with Gasteiger partial charge in [0.05, 0.1) is 17.9 Å². The van der Waals surface area contributed by atoms with Gasteiger partial charge >= 0.3 is 6.36 Å². The van der Waals surface area contributed by atoms with Crippen LogP contribution in [-0.4, -0.2) is 67.6 Å². The lowest BCUT2D eigenvalue weighted by Crippen LogP contribution is -2.49. The molecule has 0 saturated heterocycles. The monoisotopic (exact) mass is 573 g/mol. The van der Waals surface area contributed by atoms with Gasteiger partial charge in [-0.2, -0.15) is 0 Å². The number of aliphatic hydroxyl groups excluding tert-OH is 1. The maximum Gasteiger partial charge on any atom is 0.573 e. The van der Waals surface area contributed by atoms with Crippen LogP contribution in [0.5, 0.6) is 5.75 Å². The van der Waals surface area contributed by atoms with Crippen molar-refractivity contribution in [3.63, 3.8) is 0 Å². The summed E-state index contributed by atoms with van der Waals surface area (Å²) in [4.78, 5) is 12.8. The van der Waals surface area contributed by atoms with E-state index in [0.717, 1.165) is 11.6 Å². The summed E-state index contributed by atoms with van der Waals surface area (Å²) in [6, 6.07) is 13.8. The second-order valence-electron chi connectivity index (χ2n) is 9.22. The zero-order valence-corrected chi connectivity index (χ0v) is 23.1. The second-order valence-corrected chi connectivity index (χ2v) is 11.3. The molecule has 0 bridgehead atoms. The van der Waals surface area contributed by atoms with Gasteiger partial charge in [0.15, 0.2) is 0 Å². The zero-order chi connectivity index (χ0) is 28.9. The van der Waals surface area contributed by atoms with Crippen LogP contribution in [0.4, 0.5) is 13.2 Å². The standard InChI is InChI=1S/C27H38F3N3O5S/c1-3-14-33(15-4-2)39(36,37)16-13-26(35)32-24(25(34)20-31-19-21-9-6-5-7-10-21)18-22-11-8-12-23(17-22)38-27(28,29)30/h5-12,17,24-25,31,34H,3-4,13-16,18-20H2,1-2H3,(H,32,35)/t24-,25-/m0/s1. The number of nitrogens with zero attached hydrogens (tertiary/aromatic N) is 1. The fourth-order valence-electron chi connectivity index (χ4n) is 4.03. The predicted molar refractivity (Wildman–Crippen MR) is 143 cm³/mol. The van der Waals surface area contributed by atoms with Crippen LogP contribution in [0.2, 0.25) is 0 Å². The van der Waals surface area contributed by atoms with Gasteiger partial charge in [0.1, 0.15) is 5.75 Å². The first-order valence-electron chi connectivity index (χ1n) is 13.0. The van der Waals surface area contributed by atoms with Gasteiger partial charge in [-0.1, -0.05) is 56.3 Å². The topological polar surface area (TPSA) is 108 Å².